The molecule has 106 valence electrons. The molecule has 3 rings (SSSR count). The van der Waals surface area contributed by atoms with Crippen LogP contribution in [0.15, 0.2) is 24.3 Å². The van der Waals surface area contributed by atoms with Crippen molar-refractivity contribution in [3.8, 4) is 0 Å². The maximum atomic E-state index is 12.4. The summed E-state index contributed by atoms with van der Waals surface area (Å²) in [5, 5.41) is 0. The Morgan fingerprint density at radius 2 is 2.20 bits per heavy atom. The lowest BCUT2D eigenvalue weighted by atomic mass is 9.61. The standard InChI is InChI=1S/C16H18O4/c1-3-19-14(17)16-8-11-6-4-5-7-12(11)10(2)13(16)9-20-15(16)18/h4-7,10,13H,3,8-9H2,1-2H3/t10?,13-,16+/m0/s1. The van der Waals surface area contributed by atoms with Crippen molar-refractivity contribution in [3.63, 3.8) is 0 Å². The van der Waals surface area contributed by atoms with Gasteiger partial charge in [-0.1, -0.05) is 31.2 Å². The van der Waals surface area contributed by atoms with Crippen LogP contribution < -0.4 is 0 Å². The summed E-state index contributed by atoms with van der Waals surface area (Å²) in [6.07, 6.45) is 0.385. The van der Waals surface area contributed by atoms with Gasteiger partial charge in [-0.05, 0) is 30.4 Å². The molecule has 0 amide bonds. The lowest BCUT2D eigenvalue weighted by molar-refractivity contribution is -0.167. The molecule has 0 saturated carbocycles. The second-order valence-electron chi connectivity index (χ2n) is 5.56. The fraction of sp³-hybridized carbons (Fsp3) is 0.500. The van der Waals surface area contributed by atoms with Crippen LogP contribution in [0.1, 0.15) is 30.9 Å². The predicted molar refractivity (Wildman–Crippen MR) is 72.1 cm³/mol. The Bertz CT molecular complexity index is 565. The third kappa shape index (κ3) is 1.60. The van der Waals surface area contributed by atoms with Crippen molar-refractivity contribution in [2.24, 2.45) is 11.3 Å². The molecule has 0 aromatic heterocycles. The van der Waals surface area contributed by atoms with Crippen LogP contribution in [-0.4, -0.2) is 25.2 Å². The first-order valence-corrected chi connectivity index (χ1v) is 7.03. The van der Waals surface area contributed by atoms with E-state index < -0.39 is 17.4 Å². The van der Waals surface area contributed by atoms with Crippen LogP contribution in [0.4, 0.5) is 0 Å². The molecule has 1 aliphatic heterocycles. The summed E-state index contributed by atoms with van der Waals surface area (Å²) in [5.74, 6) is -0.893. The number of esters is 2. The minimum absolute atomic E-state index is 0.107. The van der Waals surface area contributed by atoms with Crippen molar-refractivity contribution in [1.29, 1.82) is 0 Å². The number of benzene rings is 1. The number of hydrogen-bond acceptors (Lipinski definition) is 4. The third-order valence-corrected chi connectivity index (χ3v) is 4.65. The van der Waals surface area contributed by atoms with Gasteiger partial charge in [0.15, 0.2) is 5.41 Å². The Kier molecular flexibility index (Phi) is 3.04. The van der Waals surface area contributed by atoms with Gasteiger partial charge in [0, 0.05) is 5.92 Å². The van der Waals surface area contributed by atoms with Gasteiger partial charge in [-0.15, -0.1) is 0 Å². The van der Waals surface area contributed by atoms with Crippen LogP contribution in [0.3, 0.4) is 0 Å². The Labute approximate surface area is 118 Å². The SMILES string of the molecule is CCOC(=O)[C@@]12Cc3ccccc3C(C)[C@@H]1COC2=O. The number of carbonyl (C=O) groups is 2. The summed E-state index contributed by atoms with van der Waals surface area (Å²) in [7, 11) is 0. The maximum absolute atomic E-state index is 12.4. The number of hydrogen-bond donors (Lipinski definition) is 0. The van der Waals surface area contributed by atoms with E-state index in [1.54, 1.807) is 6.92 Å². The summed E-state index contributed by atoms with van der Waals surface area (Å²) < 4.78 is 10.4. The van der Waals surface area contributed by atoms with Crippen LogP contribution in [0.5, 0.6) is 0 Å². The lowest BCUT2D eigenvalue weighted by Crippen LogP contribution is -2.48. The highest BCUT2D eigenvalue weighted by atomic mass is 16.6. The van der Waals surface area contributed by atoms with Gasteiger partial charge in [-0.25, -0.2) is 0 Å². The third-order valence-electron chi connectivity index (χ3n) is 4.65. The molecule has 2 aliphatic rings. The minimum atomic E-state index is -1.15. The molecule has 20 heavy (non-hydrogen) atoms. The maximum Gasteiger partial charge on any atom is 0.324 e. The molecule has 1 aromatic rings. The highest BCUT2D eigenvalue weighted by Gasteiger charge is 2.62. The molecule has 4 nitrogen and oxygen atoms in total. The van der Waals surface area contributed by atoms with Crippen molar-refractivity contribution in [2.45, 2.75) is 26.2 Å². The van der Waals surface area contributed by atoms with Gasteiger partial charge >= 0.3 is 11.9 Å². The van der Waals surface area contributed by atoms with Crippen LogP contribution in [-0.2, 0) is 25.5 Å². The molecule has 4 heteroatoms. The van der Waals surface area contributed by atoms with E-state index >= 15 is 0 Å². The summed E-state index contributed by atoms with van der Waals surface area (Å²) in [6, 6.07) is 7.97. The lowest BCUT2D eigenvalue weighted by Gasteiger charge is -2.38. The summed E-state index contributed by atoms with van der Waals surface area (Å²) in [4.78, 5) is 24.7. The largest absolute Gasteiger partial charge is 0.465 e. The van der Waals surface area contributed by atoms with Crippen LogP contribution in [0.2, 0.25) is 0 Å². The molecular weight excluding hydrogens is 256 g/mol. The van der Waals surface area contributed by atoms with Crippen LogP contribution in [0, 0.1) is 11.3 Å². The zero-order valence-corrected chi connectivity index (χ0v) is 11.7. The van der Waals surface area contributed by atoms with Crippen LogP contribution in [0.25, 0.3) is 0 Å². The monoisotopic (exact) mass is 274 g/mol. The Morgan fingerprint density at radius 3 is 2.95 bits per heavy atom. The molecule has 1 heterocycles. The molecule has 0 spiro atoms. The van der Waals surface area contributed by atoms with Crippen molar-refractivity contribution < 1.29 is 19.1 Å². The van der Waals surface area contributed by atoms with Crippen molar-refractivity contribution in [3.05, 3.63) is 35.4 Å². The van der Waals surface area contributed by atoms with E-state index in [2.05, 4.69) is 13.0 Å². The number of carbonyl (C=O) groups excluding carboxylic acids is 2. The molecular formula is C16H18O4. The van der Waals surface area contributed by atoms with E-state index in [1.165, 1.54) is 5.56 Å². The van der Waals surface area contributed by atoms with Crippen molar-refractivity contribution >= 4 is 11.9 Å². The van der Waals surface area contributed by atoms with Gasteiger partial charge < -0.3 is 9.47 Å². The quantitative estimate of drug-likeness (QED) is 0.612. The van der Waals surface area contributed by atoms with Gasteiger partial charge in [-0.2, -0.15) is 0 Å². The number of cyclic esters (lactones) is 1. The molecule has 1 unspecified atom stereocenters. The van der Waals surface area contributed by atoms with Gasteiger partial charge in [0.2, 0.25) is 0 Å². The first kappa shape index (κ1) is 13.2. The molecule has 0 N–H and O–H groups in total. The van der Waals surface area contributed by atoms with E-state index in [1.807, 2.05) is 18.2 Å². The fourth-order valence-corrected chi connectivity index (χ4v) is 3.59. The second kappa shape index (κ2) is 4.62. The van der Waals surface area contributed by atoms with Gasteiger partial charge in [0.05, 0.1) is 13.2 Å². The summed E-state index contributed by atoms with van der Waals surface area (Å²) in [6.45, 7) is 4.38. The fourth-order valence-electron chi connectivity index (χ4n) is 3.59. The Hall–Kier alpha value is -1.84. The van der Waals surface area contributed by atoms with E-state index in [0.29, 0.717) is 13.0 Å². The minimum Gasteiger partial charge on any atom is -0.465 e. The Morgan fingerprint density at radius 1 is 1.45 bits per heavy atom. The molecule has 0 radical (unpaired) electrons. The molecule has 1 aliphatic carbocycles. The average Bonchev–Trinajstić information content (AvgIpc) is 2.78. The summed E-state index contributed by atoms with van der Waals surface area (Å²) >= 11 is 0. The smallest absolute Gasteiger partial charge is 0.324 e. The van der Waals surface area contributed by atoms with Gasteiger partial charge in [0.1, 0.15) is 0 Å². The normalized spacial score (nSPS) is 31.2. The van der Waals surface area contributed by atoms with Crippen LogP contribution >= 0.6 is 0 Å². The zero-order valence-electron chi connectivity index (χ0n) is 11.7. The van der Waals surface area contributed by atoms with Gasteiger partial charge in [0.25, 0.3) is 0 Å². The second-order valence-corrected chi connectivity index (χ2v) is 5.56. The highest BCUT2D eigenvalue weighted by Crippen LogP contribution is 2.51. The Balaban J connectivity index is 2.11. The van der Waals surface area contributed by atoms with E-state index in [0.717, 1.165) is 5.56 Å². The van der Waals surface area contributed by atoms with Crippen molar-refractivity contribution in [2.75, 3.05) is 13.2 Å². The molecule has 1 saturated heterocycles. The number of ether oxygens (including phenoxy) is 2. The number of fused-ring (bicyclic) bond motifs is 2. The zero-order chi connectivity index (χ0) is 14.3. The molecule has 1 fully saturated rings. The first-order valence-electron chi connectivity index (χ1n) is 7.03. The summed E-state index contributed by atoms with van der Waals surface area (Å²) in [5.41, 5.74) is 1.10. The molecule has 1 aromatic carbocycles. The van der Waals surface area contributed by atoms with Crippen molar-refractivity contribution in [1.82, 2.24) is 0 Å². The van der Waals surface area contributed by atoms with E-state index in [9.17, 15) is 9.59 Å². The van der Waals surface area contributed by atoms with E-state index in [-0.39, 0.29) is 18.4 Å². The molecule has 0 bridgehead atoms. The molecule has 3 atom stereocenters. The van der Waals surface area contributed by atoms with E-state index in [4.69, 9.17) is 9.47 Å². The average molecular weight is 274 g/mol. The number of rotatable bonds is 2. The first-order chi connectivity index (χ1) is 9.61. The predicted octanol–water partition coefficient (Wildman–Crippen LogP) is 2.07. The topological polar surface area (TPSA) is 52.6 Å². The van der Waals surface area contributed by atoms with Gasteiger partial charge in [-0.3, -0.25) is 9.59 Å². The highest BCUT2D eigenvalue weighted by molar-refractivity contribution is 6.02.